The normalized spacial score (nSPS) is 17.9. The zero-order valence-corrected chi connectivity index (χ0v) is 22.8. The van der Waals surface area contributed by atoms with Crippen LogP contribution in [0.15, 0.2) is 72.8 Å². The number of nitrogens with zero attached hydrogens (tertiary/aromatic N) is 2. The maximum absolute atomic E-state index is 13.2. The average Bonchev–Trinajstić information content (AvgIpc) is 3.54. The third-order valence-corrected chi connectivity index (χ3v) is 9.15. The van der Waals surface area contributed by atoms with Gasteiger partial charge in [0.05, 0.1) is 10.6 Å². The van der Waals surface area contributed by atoms with E-state index in [1.54, 1.807) is 17.0 Å². The molecule has 0 radical (unpaired) electrons. The third-order valence-electron chi connectivity index (χ3n) is 7.51. The minimum absolute atomic E-state index is 0.0381. The topological polar surface area (TPSA) is 52.7 Å². The summed E-state index contributed by atoms with van der Waals surface area (Å²) >= 11 is 7.90. The number of halogens is 4. The Hall–Kier alpha value is -3.40. The van der Waals surface area contributed by atoms with E-state index in [-0.39, 0.29) is 23.9 Å². The highest BCUT2D eigenvalue weighted by molar-refractivity contribution is 7.21. The fraction of sp³-hybridized carbons (Fsp3) is 0.267. The highest BCUT2D eigenvalue weighted by Crippen LogP contribution is 2.39. The molecule has 2 fully saturated rings. The van der Waals surface area contributed by atoms with Gasteiger partial charge in [-0.05, 0) is 47.9 Å². The summed E-state index contributed by atoms with van der Waals surface area (Å²) in [5.41, 5.74) is 1.40. The SMILES string of the molecule is O=C(c1ccccc1)N1CCC(NC2CN(C(=O)c3sc4cc(-c5ccc(C(F)(F)F)cc5)ccc4c3Cl)C2)C1. The van der Waals surface area contributed by atoms with Gasteiger partial charge in [0.1, 0.15) is 4.88 Å². The van der Waals surface area contributed by atoms with E-state index in [0.29, 0.717) is 47.2 Å². The monoisotopic (exact) mass is 583 g/mol. The molecule has 6 rings (SSSR count). The van der Waals surface area contributed by atoms with Gasteiger partial charge in [0.15, 0.2) is 0 Å². The second kappa shape index (κ2) is 10.5. The number of nitrogens with one attached hydrogen (secondary N) is 1. The summed E-state index contributed by atoms with van der Waals surface area (Å²) in [4.78, 5) is 30.0. The van der Waals surface area contributed by atoms with Gasteiger partial charge in [-0.1, -0.05) is 54.1 Å². The van der Waals surface area contributed by atoms with Crippen molar-refractivity contribution in [2.75, 3.05) is 26.2 Å². The van der Waals surface area contributed by atoms with Crippen LogP contribution in [0.4, 0.5) is 13.2 Å². The first-order valence-corrected chi connectivity index (χ1v) is 14.2. The van der Waals surface area contributed by atoms with Crippen LogP contribution in [0.3, 0.4) is 0 Å². The molecule has 206 valence electrons. The number of fused-ring (bicyclic) bond motifs is 1. The molecule has 3 heterocycles. The van der Waals surface area contributed by atoms with Crippen LogP contribution in [-0.4, -0.2) is 59.9 Å². The molecule has 0 spiro atoms. The number of rotatable bonds is 5. The number of hydrogen-bond donors (Lipinski definition) is 1. The van der Waals surface area contributed by atoms with Gasteiger partial charge in [-0.3, -0.25) is 9.59 Å². The van der Waals surface area contributed by atoms with E-state index < -0.39 is 11.7 Å². The maximum Gasteiger partial charge on any atom is 0.416 e. The predicted octanol–water partition coefficient (Wildman–Crippen LogP) is 6.57. The smallest absolute Gasteiger partial charge is 0.337 e. The summed E-state index contributed by atoms with van der Waals surface area (Å²) in [7, 11) is 0. The van der Waals surface area contributed by atoms with E-state index in [0.717, 1.165) is 34.2 Å². The lowest BCUT2D eigenvalue weighted by Crippen LogP contribution is -2.62. The second-order valence-electron chi connectivity index (χ2n) is 10.2. The minimum atomic E-state index is -4.39. The number of carbonyl (C=O) groups excluding carboxylic acids is 2. The Bertz CT molecular complexity index is 1570. The Labute approximate surface area is 238 Å². The highest BCUT2D eigenvalue weighted by Gasteiger charge is 2.36. The summed E-state index contributed by atoms with van der Waals surface area (Å²) in [6.45, 7) is 2.46. The van der Waals surface area contributed by atoms with Gasteiger partial charge in [0.25, 0.3) is 11.8 Å². The lowest BCUT2D eigenvalue weighted by atomic mass is 10.0. The Kier molecular flexibility index (Phi) is 7.06. The number of benzene rings is 3. The third kappa shape index (κ3) is 5.21. The number of amides is 2. The summed E-state index contributed by atoms with van der Waals surface area (Å²) < 4.78 is 39.5. The largest absolute Gasteiger partial charge is 0.416 e. The summed E-state index contributed by atoms with van der Waals surface area (Å²) in [6, 6.07) is 20.1. The molecule has 0 bridgehead atoms. The number of carbonyl (C=O) groups is 2. The number of alkyl halides is 3. The van der Waals surface area contributed by atoms with Crippen molar-refractivity contribution in [2.24, 2.45) is 0 Å². The Morgan fingerprint density at radius 1 is 0.850 bits per heavy atom. The van der Waals surface area contributed by atoms with Gasteiger partial charge in [-0.25, -0.2) is 0 Å². The molecule has 4 aromatic rings. The number of hydrogen-bond acceptors (Lipinski definition) is 4. The first-order valence-electron chi connectivity index (χ1n) is 13.0. The molecule has 40 heavy (non-hydrogen) atoms. The molecule has 1 unspecified atom stereocenters. The number of likely N-dealkylation sites (tertiary alicyclic amines) is 2. The van der Waals surface area contributed by atoms with Gasteiger partial charge in [0, 0.05) is 53.9 Å². The molecule has 2 saturated heterocycles. The highest BCUT2D eigenvalue weighted by atomic mass is 35.5. The summed E-state index contributed by atoms with van der Waals surface area (Å²) in [5, 5.41) is 4.72. The van der Waals surface area contributed by atoms with E-state index in [2.05, 4.69) is 5.32 Å². The first kappa shape index (κ1) is 26.8. The fourth-order valence-electron chi connectivity index (χ4n) is 5.30. The van der Waals surface area contributed by atoms with Crippen molar-refractivity contribution in [2.45, 2.75) is 24.7 Å². The van der Waals surface area contributed by atoms with Crippen LogP contribution in [0.5, 0.6) is 0 Å². The van der Waals surface area contributed by atoms with Gasteiger partial charge in [-0.15, -0.1) is 11.3 Å². The number of thiophene rings is 1. The Morgan fingerprint density at radius 2 is 1.52 bits per heavy atom. The van der Waals surface area contributed by atoms with Crippen molar-refractivity contribution in [3.63, 3.8) is 0 Å². The molecule has 1 aromatic heterocycles. The molecule has 2 amide bonds. The van der Waals surface area contributed by atoms with Crippen LogP contribution in [0.1, 0.15) is 32.0 Å². The molecule has 0 aliphatic carbocycles. The molecular weight excluding hydrogens is 559 g/mol. The van der Waals surface area contributed by atoms with E-state index in [1.807, 2.05) is 41.3 Å². The van der Waals surface area contributed by atoms with Crippen molar-refractivity contribution in [3.05, 3.63) is 93.8 Å². The van der Waals surface area contributed by atoms with Crippen molar-refractivity contribution < 1.29 is 22.8 Å². The van der Waals surface area contributed by atoms with E-state index >= 15 is 0 Å². The van der Waals surface area contributed by atoms with Crippen molar-refractivity contribution in [1.82, 2.24) is 15.1 Å². The fourth-order valence-corrected chi connectivity index (χ4v) is 6.82. The Balaban J connectivity index is 1.07. The van der Waals surface area contributed by atoms with Gasteiger partial charge in [-0.2, -0.15) is 13.2 Å². The van der Waals surface area contributed by atoms with Crippen molar-refractivity contribution in [3.8, 4) is 11.1 Å². The van der Waals surface area contributed by atoms with E-state index in [9.17, 15) is 22.8 Å². The summed E-state index contributed by atoms with van der Waals surface area (Å²) in [6.07, 6.45) is -3.52. The van der Waals surface area contributed by atoms with E-state index in [1.165, 1.54) is 23.5 Å². The van der Waals surface area contributed by atoms with Crippen LogP contribution in [0.25, 0.3) is 21.2 Å². The molecule has 0 saturated carbocycles. The van der Waals surface area contributed by atoms with Gasteiger partial charge in [0.2, 0.25) is 0 Å². The quantitative estimate of drug-likeness (QED) is 0.289. The van der Waals surface area contributed by atoms with Crippen molar-refractivity contribution >= 4 is 44.8 Å². The van der Waals surface area contributed by atoms with Crippen LogP contribution >= 0.6 is 22.9 Å². The van der Waals surface area contributed by atoms with Crippen LogP contribution < -0.4 is 5.32 Å². The van der Waals surface area contributed by atoms with Gasteiger partial charge < -0.3 is 15.1 Å². The lowest BCUT2D eigenvalue weighted by Gasteiger charge is -2.41. The van der Waals surface area contributed by atoms with Crippen LogP contribution in [0, 0.1) is 0 Å². The van der Waals surface area contributed by atoms with Crippen LogP contribution in [0.2, 0.25) is 5.02 Å². The predicted molar refractivity (Wildman–Crippen MR) is 151 cm³/mol. The molecule has 5 nitrogen and oxygen atoms in total. The average molecular weight is 584 g/mol. The van der Waals surface area contributed by atoms with Crippen LogP contribution in [-0.2, 0) is 6.18 Å². The maximum atomic E-state index is 13.2. The minimum Gasteiger partial charge on any atom is -0.337 e. The lowest BCUT2D eigenvalue weighted by molar-refractivity contribution is -0.137. The molecule has 10 heteroatoms. The van der Waals surface area contributed by atoms with Crippen molar-refractivity contribution in [1.29, 1.82) is 0 Å². The standard InChI is InChI=1S/C30H25ClF3N3O2S/c31-26-24-11-8-20(18-6-9-21(10-7-18)30(32,33)34)14-25(24)40-27(26)29(39)37-16-23(17-37)35-22-12-13-36(15-22)28(38)19-4-2-1-3-5-19/h1-11,14,22-23,35H,12-13,15-17H2. The second-order valence-corrected chi connectivity index (χ2v) is 11.6. The molecule has 1 atom stereocenters. The molecule has 2 aliphatic heterocycles. The van der Waals surface area contributed by atoms with Gasteiger partial charge >= 0.3 is 6.18 Å². The molecule has 1 N–H and O–H groups in total. The zero-order chi connectivity index (χ0) is 28.0. The first-order chi connectivity index (χ1) is 19.2. The zero-order valence-electron chi connectivity index (χ0n) is 21.2. The summed E-state index contributed by atoms with van der Waals surface area (Å²) in [5.74, 6) is -0.0937. The molecule has 2 aliphatic rings. The van der Waals surface area contributed by atoms with E-state index in [4.69, 9.17) is 11.6 Å². The molecule has 3 aromatic carbocycles. The Morgan fingerprint density at radius 3 is 2.23 bits per heavy atom. The molecular formula is C30H25ClF3N3O2S.